The van der Waals surface area contributed by atoms with Crippen molar-refractivity contribution in [1.82, 2.24) is 0 Å². The average molecular weight is 262 g/mol. The molecule has 0 spiro atoms. The Morgan fingerprint density at radius 2 is 2.07 bits per heavy atom. The highest BCUT2D eigenvalue weighted by Gasteiger charge is 2.17. The van der Waals surface area contributed by atoms with Gasteiger partial charge in [-0.2, -0.15) is 0 Å². The van der Waals surface area contributed by atoms with Crippen LogP contribution in [0.4, 0.5) is 0 Å². The predicted octanol–water partition coefficient (Wildman–Crippen LogP) is 1.16. The standard InChI is InChI=1S/C9H12BrNO3/c1-4-2-6(13)9(14)8(10)7(4)5(11)3-12/h2,5,12-14H,3,11H2,1H3. The van der Waals surface area contributed by atoms with Gasteiger partial charge in [0.25, 0.3) is 0 Å². The van der Waals surface area contributed by atoms with Crippen LogP contribution >= 0.6 is 15.9 Å². The molecule has 0 heterocycles. The molecule has 0 aliphatic rings. The van der Waals surface area contributed by atoms with E-state index in [2.05, 4.69) is 15.9 Å². The largest absolute Gasteiger partial charge is 0.504 e. The van der Waals surface area contributed by atoms with Gasteiger partial charge in [0.05, 0.1) is 17.1 Å². The summed E-state index contributed by atoms with van der Waals surface area (Å²) in [5, 5.41) is 27.6. The third-order valence-electron chi connectivity index (χ3n) is 2.03. The minimum absolute atomic E-state index is 0.205. The molecule has 0 fully saturated rings. The number of halogens is 1. The zero-order valence-corrected chi connectivity index (χ0v) is 9.24. The second-order valence-corrected chi connectivity index (χ2v) is 3.87. The van der Waals surface area contributed by atoms with Gasteiger partial charge in [0, 0.05) is 0 Å². The summed E-state index contributed by atoms with van der Waals surface area (Å²) >= 11 is 3.12. The van der Waals surface area contributed by atoms with E-state index in [4.69, 9.17) is 10.8 Å². The van der Waals surface area contributed by atoms with Crippen LogP contribution in [0, 0.1) is 6.92 Å². The molecule has 1 aromatic carbocycles. The number of phenols is 2. The van der Waals surface area contributed by atoms with Crippen molar-refractivity contribution in [1.29, 1.82) is 0 Å². The van der Waals surface area contributed by atoms with Gasteiger partial charge in [0.1, 0.15) is 0 Å². The third kappa shape index (κ3) is 1.84. The Morgan fingerprint density at radius 3 is 2.57 bits per heavy atom. The van der Waals surface area contributed by atoms with Crippen LogP contribution in [0.15, 0.2) is 10.5 Å². The average Bonchev–Trinajstić information content (AvgIpc) is 2.14. The Hall–Kier alpha value is -0.780. The molecule has 0 aliphatic carbocycles. The van der Waals surface area contributed by atoms with E-state index in [9.17, 15) is 10.2 Å². The Morgan fingerprint density at radius 1 is 1.50 bits per heavy atom. The molecule has 0 radical (unpaired) electrons. The molecular weight excluding hydrogens is 250 g/mol. The van der Waals surface area contributed by atoms with Crippen molar-refractivity contribution in [2.45, 2.75) is 13.0 Å². The molecule has 1 unspecified atom stereocenters. The summed E-state index contributed by atoms with van der Waals surface area (Å²) in [5.41, 5.74) is 6.96. The molecule has 5 N–H and O–H groups in total. The molecule has 0 amide bonds. The number of aryl methyl sites for hydroxylation is 1. The second-order valence-electron chi connectivity index (χ2n) is 3.08. The van der Waals surface area contributed by atoms with Crippen molar-refractivity contribution >= 4 is 15.9 Å². The highest BCUT2D eigenvalue weighted by molar-refractivity contribution is 9.10. The molecule has 0 aliphatic heterocycles. The molecule has 1 rings (SSSR count). The van der Waals surface area contributed by atoms with E-state index in [1.165, 1.54) is 6.07 Å². The van der Waals surface area contributed by atoms with Crippen molar-refractivity contribution in [2.24, 2.45) is 5.73 Å². The molecule has 1 aromatic rings. The Labute approximate surface area is 90.1 Å². The fraction of sp³-hybridized carbons (Fsp3) is 0.333. The van der Waals surface area contributed by atoms with Gasteiger partial charge in [-0.15, -0.1) is 0 Å². The number of nitrogens with two attached hydrogens (primary N) is 1. The zero-order valence-electron chi connectivity index (χ0n) is 7.66. The summed E-state index contributed by atoms with van der Waals surface area (Å²) in [7, 11) is 0. The predicted molar refractivity (Wildman–Crippen MR) is 56.2 cm³/mol. The number of rotatable bonds is 2. The second kappa shape index (κ2) is 4.16. The molecule has 14 heavy (non-hydrogen) atoms. The van der Waals surface area contributed by atoms with E-state index in [0.717, 1.165) is 0 Å². The number of hydrogen-bond donors (Lipinski definition) is 4. The molecule has 4 nitrogen and oxygen atoms in total. The number of benzene rings is 1. The molecule has 5 heteroatoms. The van der Waals surface area contributed by atoms with E-state index >= 15 is 0 Å². The summed E-state index contributed by atoms with van der Waals surface area (Å²) < 4.78 is 0.330. The van der Waals surface area contributed by atoms with E-state index in [-0.39, 0.29) is 18.1 Å². The highest BCUT2D eigenvalue weighted by Crippen LogP contribution is 2.39. The summed E-state index contributed by atoms with van der Waals surface area (Å²) in [4.78, 5) is 0. The quantitative estimate of drug-likeness (QED) is 0.602. The van der Waals surface area contributed by atoms with Gasteiger partial charge >= 0.3 is 0 Å². The highest BCUT2D eigenvalue weighted by atomic mass is 79.9. The molecule has 0 bridgehead atoms. The van der Waals surface area contributed by atoms with Crippen molar-refractivity contribution in [3.63, 3.8) is 0 Å². The van der Waals surface area contributed by atoms with E-state index in [0.29, 0.717) is 15.6 Å². The first-order valence-corrected chi connectivity index (χ1v) is 4.85. The normalized spacial score (nSPS) is 12.9. The fourth-order valence-electron chi connectivity index (χ4n) is 1.31. The summed E-state index contributed by atoms with van der Waals surface area (Å²) in [5.74, 6) is -0.460. The zero-order chi connectivity index (χ0) is 10.9. The monoisotopic (exact) mass is 261 g/mol. The number of hydrogen-bond acceptors (Lipinski definition) is 4. The van der Waals surface area contributed by atoms with Gasteiger partial charge in [-0.25, -0.2) is 0 Å². The van der Waals surface area contributed by atoms with Crippen LogP contribution < -0.4 is 5.73 Å². The van der Waals surface area contributed by atoms with Crippen molar-refractivity contribution < 1.29 is 15.3 Å². The maximum Gasteiger partial charge on any atom is 0.172 e. The van der Waals surface area contributed by atoms with Gasteiger partial charge < -0.3 is 21.1 Å². The summed E-state index contributed by atoms with van der Waals surface area (Å²) in [6.07, 6.45) is 0. The van der Waals surface area contributed by atoms with Gasteiger partial charge in [-0.3, -0.25) is 0 Å². The minimum Gasteiger partial charge on any atom is -0.504 e. The summed E-state index contributed by atoms with van der Waals surface area (Å²) in [6.45, 7) is 1.53. The lowest BCUT2D eigenvalue weighted by Crippen LogP contribution is -2.16. The maximum absolute atomic E-state index is 9.42. The lowest BCUT2D eigenvalue weighted by Gasteiger charge is -2.15. The lowest BCUT2D eigenvalue weighted by atomic mass is 10.0. The number of aromatic hydroxyl groups is 2. The molecule has 0 aromatic heterocycles. The molecule has 0 saturated carbocycles. The topological polar surface area (TPSA) is 86.7 Å². The number of aliphatic hydroxyl groups excluding tert-OH is 1. The Balaban J connectivity index is 3.36. The van der Waals surface area contributed by atoms with Crippen LogP contribution in [0.1, 0.15) is 17.2 Å². The first-order valence-electron chi connectivity index (χ1n) is 4.06. The number of phenolic OH excluding ortho intramolecular Hbond substituents is 2. The van der Waals surface area contributed by atoms with Crippen LogP contribution in [0.5, 0.6) is 11.5 Å². The molecular formula is C9H12BrNO3. The first kappa shape index (κ1) is 11.3. The van der Waals surface area contributed by atoms with Gasteiger partial charge in [0.2, 0.25) is 0 Å². The molecule has 0 saturated heterocycles. The van der Waals surface area contributed by atoms with Gasteiger partial charge in [-0.05, 0) is 40.0 Å². The number of aliphatic hydroxyl groups is 1. The van der Waals surface area contributed by atoms with Crippen LogP contribution in [-0.4, -0.2) is 21.9 Å². The summed E-state index contributed by atoms with van der Waals surface area (Å²) in [6, 6.07) is 0.834. The van der Waals surface area contributed by atoms with E-state index in [1.807, 2.05) is 0 Å². The Bertz CT molecular complexity index is 354. The molecule has 1 atom stereocenters. The first-order chi connectivity index (χ1) is 6.49. The van der Waals surface area contributed by atoms with Gasteiger partial charge in [0.15, 0.2) is 11.5 Å². The SMILES string of the molecule is Cc1cc(O)c(O)c(Br)c1C(N)CO. The van der Waals surface area contributed by atoms with E-state index in [1.54, 1.807) is 6.92 Å². The van der Waals surface area contributed by atoms with Crippen LogP contribution in [-0.2, 0) is 0 Å². The Kier molecular flexibility index (Phi) is 3.36. The smallest absolute Gasteiger partial charge is 0.172 e. The maximum atomic E-state index is 9.42. The van der Waals surface area contributed by atoms with Crippen molar-refractivity contribution in [3.05, 3.63) is 21.7 Å². The third-order valence-corrected chi connectivity index (χ3v) is 2.84. The fourth-order valence-corrected chi connectivity index (χ4v) is 2.12. The van der Waals surface area contributed by atoms with Crippen LogP contribution in [0.3, 0.4) is 0 Å². The minimum atomic E-state index is -0.573. The molecule has 78 valence electrons. The van der Waals surface area contributed by atoms with Crippen LogP contribution in [0.2, 0.25) is 0 Å². The van der Waals surface area contributed by atoms with Crippen LogP contribution in [0.25, 0.3) is 0 Å². The van der Waals surface area contributed by atoms with Crippen molar-refractivity contribution in [2.75, 3.05) is 6.61 Å². The van der Waals surface area contributed by atoms with E-state index < -0.39 is 6.04 Å². The van der Waals surface area contributed by atoms with Crippen molar-refractivity contribution in [3.8, 4) is 11.5 Å². The van der Waals surface area contributed by atoms with Gasteiger partial charge in [-0.1, -0.05) is 0 Å². The lowest BCUT2D eigenvalue weighted by molar-refractivity contribution is 0.266.